The molecule has 0 bridgehead atoms. The van der Waals surface area contributed by atoms with Crippen molar-refractivity contribution < 1.29 is 14.5 Å². The van der Waals surface area contributed by atoms with Crippen molar-refractivity contribution in [1.82, 2.24) is 4.98 Å². The van der Waals surface area contributed by atoms with Gasteiger partial charge in [0.2, 0.25) is 0 Å². The fourth-order valence-electron chi connectivity index (χ4n) is 1.45. The number of esters is 1. The summed E-state index contributed by atoms with van der Waals surface area (Å²) in [5.74, 6) is 0.108. The molecule has 0 aliphatic rings. The van der Waals surface area contributed by atoms with Crippen molar-refractivity contribution in [2.75, 3.05) is 12.3 Å². The zero-order valence-corrected chi connectivity index (χ0v) is 8.86. The first-order chi connectivity index (χ1) is 7.72. The largest absolute Gasteiger partial charge is 0.462 e. The van der Waals surface area contributed by atoms with Gasteiger partial charge in [0.25, 0.3) is 5.82 Å². The van der Waals surface area contributed by atoms with Crippen LogP contribution in [-0.2, 0) is 4.74 Å². The first kappa shape index (κ1) is 10.4. The topological polar surface area (TPSA) is 79.3 Å². The fraction of sp³-hybridized carbons (Fsp3) is 0.182. The Morgan fingerprint density at radius 3 is 3.19 bits per heavy atom. The number of rotatable bonds is 2. The summed E-state index contributed by atoms with van der Waals surface area (Å²) < 4.78 is 4.89. The Kier molecular flexibility index (Phi) is 2.68. The number of nitrogens with one attached hydrogen (secondary N) is 1. The average Bonchev–Trinajstić information content (AvgIpc) is 2.29. The quantitative estimate of drug-likeness (QED) is 0.756. The molecule has 2 heterocycles. The van der Waals surface area contributed by atoms with Gasteiger partial charge in [-0.3, -0.25) is 5.73 Å². The van der Waals surface area contributed by atoms with Crippen molar-refractivity contribution in [3.8, 4) is 0 Å². The van der Waals surface area contributed by atoms with E-state index in [1.165, 1.54) is 6.20 Å². The maximum absolute atomic E-state index is 11.5. The van der Waals surface area contributed by atoms with Crippen LogP contribution >= 0.6 is 0 Å². The Bertz CT molecular complexity index is 540. The molecule has 0 saturated carbocycles. The predicted molar refractivity (Wildman–Crippen MR) is 58.7 cm³/mol. The number of ether oxygens (including phenoxy) is 1. The highest BCUT2D eigenvalue weighted by Crippen LogP contribution is 2.15. The summed E-state index contributed by atoms with van der Waals surface area (Å²) >= 11 is 0. The molecule has 0 aliphatic carbocycles. The van der Waals surface area contributed by atoms with Crippen LogP contribution in [0.5, 0.6) is 0 Å². The van der Waals surface area contributed by atoms with E-state index in [4.69, 9.17) is 10.5 Å². The number of aromatic amines is 1. The lowest BCUT2D eigenvalue weighted by atomic mass is 10.2. The highest BCUT2D eigenvalue weighted by molar-refractivity contribution is 5.95. The van der Waals surface area contributed by atoms with Gasteiger partial charge in [-0.2, -0.15) is 0 Å². The summed E-state index contributed by atoms with van der Waals surface area (Å²) in [5, 5.41) is 0.807. The number of aromatic nitrogens is 2. The summed E-state index contributed by atoms with van der Waals surface area (Å²) in [6, 6.07) is 3.52. The van der Waals surface area contributed by atoms with Gasteiger partial charge in [0.15, 0.2) is 5.52 Å². The highest BCUT2D eigenvalue weighted by atomic mass is 16.5. The van der Waals surface area contributed by atoms with E-state index < -0.39 is 0 Å². The number of nitrogen functional groups attached to an aromatic ring is 1. The van der Waals surface area contributed by atoms with Gasteiger partial charge in [-0.25, -0.2) is 14.8 Å². The maximum atomic E-state index is 11.5. The average molecular weight is 218 g/mol. The highest BCUT2D eigenvalue weighted by Gasteiger charge is 2.10. The molecule has 0 aromatic carbocycles. The van der Waals surface area contributed by atoms with Crippen LogP contribution in [0.25, 0.3) is 10.9 Å². The summed E-state index contributed by atoms with van der Waals surface area (Å²) in [6.45, 7) is 2.11. The van der Waals surface area contributed by atoms with Crippen LogP contribution in [0.1, 0.15) is 17.3 Å². The van der Waals surface area contributed by atoms with Gasteiger partial charge in [-0.15, -0.1) is 0 Å². The molecule has 2 aromatic heterocycles. The number of hydrogen-bond acceptors (Lipinski definition) is 4. The number of nitrogens with zero attached hydrogens (tertiary/aromatic N) is 1. The number of hydrogen-bond donors (Lipinski definition) is 1. The van der Waals surface area contributed by atoms with E-state index in [1.54, 1.807) is 25.3 Å². The SMILES string of the molecule is CCOC(=O)c1cnc2c(N)[nH+]ccc2c1. The Morgan fingerprint density at radius 1 is 1.62 bits per heavy atom. The summed E-state index contributed by atoms with van der Waals surface area (Å²) in [6.07, 6.45) is 3.17. The Balaban J connectivity index is 2.48. The van der Waals surface area contributed by atoms with Gasteiger partial charge in [0.05, 0.1) is 18.4 Å². The number of carbonyl (C=O) groups excluding carboxylic acids is 1. The molecule has 0 amide bonds. The van der Waals surface area contributed by atoms with E-state index in [0.717, 1.165) is 5.39 Å². The molecule has 0 atom stereocenters. The van der Waals surface area contributed by atoms with Crippen molar-refractivity contribution in [3.05, 3.63) is 30.1 Å². The second-order valence-corrected chi connectivity index (χ2v) is 3.27. The summed E-state index contributed by atoms with van der Waals surface area (Å²) in [7, 11) is 0. The molecule has 2 aromatic rings. The molecule has 82 valence electrons. The van der Waals surface area contributed by atoms with Crippen LogP contribution in [0.3, 0.4) is 0 Å². The maximum Gasteiger partial charge on any atom is 0.339 e. The van der Waals surface area contributed by atoms with E-state index in [9.17, 15) is 4.79 Å². The molecule has 3 N–H and O–H groups in total. The Hall–Kier alpha value is -2.17. The van der Waals surface area contributed by atoms with Gasteiger partial charge in [0, 0.05) is 11.6 Å². The molecular weight excluding hydrogens is 206 g/mol. The van der Waals surface area contributed by atoms with Crippen LogP contribution in [0.2, 0.25) is 0 Å². The second kappa shape index (κ2) is 4.14. The zero-order valence-electron chi connectivity index (χ0n) is 8.86. The lowest BCUT2D eigenvalue weighted by molar-refractivity contribution is -0.358. The molecule has 5 nitrogen and oxygen atoms in total. The fourth-order valence-corrected chi connectivity index (χ4v) is 1.45. The zero-order chi connectivity index (χ0) is 11.5. The van der Waals surface area contributed by atoms with E-state index in [-0.39, 0.29) is 5.97 Å². The number of anilines is 1. The van der Waals surface area contributed by atoms with Crippen molar-refractivity contribution in [2.24, 2.45) is 0 Å². The van der Waals surface area contributed by atoms with Crippen molar-refractivity contribution in [2.45, 2.75) is 6.92 Å². The first-order valence-corrected chi connectivity index (χ1v) is 4.95. The minimum atomic E-state index is -0.372. The van der Waals surface area contributed by atoms with Crippen LogP contribution in [0, 0.1) is 0 Å². The molecule has 2 rings (SSSR count). The molecule has 0 unspecified atom stereocenters. The Morgan fingerprint density at radius 2 is 2.44 bits per heavy atom. The smallest absolute Gasteiger partial charge is 0.339 e. The molecule has 0 spiro atoms. The van der Waals surface area contributed by atoms with Crippen molar-refractivity contribution in [3.63, 3.8) is 0 Å². The summed E-state index contributed by atoms with van der Waals surface area (Å²) in [5.41, 5.74) is 6.79. The minimum absolute atomic E-state index is 0.349. The normalized spacial score (nSPS) is 10.3. The van der Waals surface area contributed by atoms with Crippen LogP contribution in [0.15, 0.2) is 24.5 Å². The van der Waals surface area contributed by atoms with E-state index in [0.29, 0.717) is 23.5 Å². The standard InChI is InChI=1S/C11H11N3O2/c1-2-16-11(15)8-5-7-3-4-13-10(12)9(7)14-6-8/h3-6H,2H2,1H3,(H2,12,13)/p+1. The molecular formula is C11H12N3O2+. The van der Waals surface area contributed by atoms with E-state index in [1.807, 2.05) is 0 Å². The number of fused-ring (bicyclic) bond motifs is 1. The molecule has 0 radical (unpaired) electrons. The third kappa shape index (κ3) is 1.79. The summed E-state index contributed by atoms with van der Waals surface area (Å²) in [4.78, 5) is 18.4. The molecule has 0 aliphatic heterocycles. The van der Waals surface area contributed by atoms with Crippen molar-refractivity contribution >= 4 is 22.7 Å². The third-order valence-electron chi connectivity index (χ3n) is 2.19. The third-order valence-corrected chi connectivity index (χ3v) is 2.19. The molecule has 5 heteroatoms. The molecule has 0 fully saturated rings. The molecule has 16 heavy (non-hydrogen) atoms. The van der Waals surface area contributed by atoms with Gasteiger partial charge >= 0.3 is 5.97 Å². The number of pyridine rings is 2. The Labute approximate surface area is 92.3 Å². The first-order valence-electron chi connectivity index (χ1n) is 4.95. The van der Waals surface area contributed by atoms with Gasteiger partial charge in [-0.05, 0) is 19.1 Å². The van der Waals surface area contributed by atoms with Gasteiger partial charge < -0.3 is 4.74 Å². The predicted octanol–water partition coefficient (Wildman–Crippen LogP) is 0.808. The van der Waals surface area contributed by atoms with E-state index in [2.05, 4.69) is 9.97 Å². The van der Waals surface area contributed by atoms with E-state index >= 15 is 0 Å². The number of carbonyl (C=O) groups is 1. The van der Waals surface area contributed by atoms with Gasteiger partial charge in [0.1, 0.15) is 0 Å². The lowest BCUT2D eigenvalue weighted by Gasteiger charge is -2.02. The van der Waals surface area contributed by atoms with Crippen molar-refractivity contribution in [1.29, 1.82) is 0 Å². The van der Waals surface area contributed by atoms with Crippen LogP contribution < -0.4 is 10.7 Å². The minimum Gasteiger partial charge on any atom is -0.462 e. The molecule has 0 saturated heterocycles. The van der Waals surface area contributed by atoms with Gasteiger partial charge in [-0.1, -0.05) is 0 Å². The number of nitrogens with two attached hydrogens (primary N) is 1. The van der Waals surface area contributed by atoms with Crippen LogP contribution in [0.4, 0.5) is 5.82 Å². The monoisotopic (exact) mass is 218 g/mol. The number of H-pyrrole nitrogens is 1. The lowest BCUT2D eigenvalue weighted by Crippen LogP contribution is -2.11. The second-order valence-electron chi connectivity index (χ2n) is 3.27. The van der Waals surface area contributed by atoms with Crippen LogP contribution in [-0.4, -0.2) is 17.6 Å².